The van der Waals surface area contributed by atoms with Gasteiger partial charge in [-0.2, -0.15) is 0 Å². The highest BCUT2D eigenvalue weighted by Gasteiger charge is 2.23. The summed E-state index contributed by atoms with van der Waals surface area (Å²) in [5.41, 5.74) is 11.1. The minimum Gasteiger partial charge on any atom is -0.466 e. The molecular formula is C20H25ClN2O3. The average Bonchev–Trinajstić information content (AvgIpc) is 2.63. The molecule has 0 radical (unpaired) electrons. The first kappa shape index (κ1) is 20.1. The molecule has 2 aromatic carbocycles. The summed E-state index contributed by atoms with van der Waals surface area (Å²) in [7, 11) is 1.81. The Labute approximate surface area is 159 Å². The minimum atomic E-state index is -0.284. The highest BCUT2D eigenvalue weighted by atomic mass is 35.5. The van der Waals surface area contributed by atoms with Crippen LogP contribution in [-0.4, -0.2) is 24.7 Å². The Morgan fingerprint density at radius 1 is 1.35 bits per heavy atom. The van der Waals surface area contributed by atoms with Crippen molar-refractivity contribution in [3.8, 4) is 0 Å². The van der Waals surface area contributed by atoms with Crippen molar-refractivity contribution >= 4 is 28.9 Å². The molecule has 0 heterocycles. The Bertz CT molecular complexity index is 793. The first-order chi connectivity index (χ1) is 12.4. The third kappa shape index (κ3) is 4.29. The molecule has 0 spiro atoms. The van der Waals surface area contributed by atoms with Gasteiger partial charge in [0.05, 0.1) is 31.0 Å². The number of rotatable bonds is 7. The number of ether oxygens (including phenoxy) is 1. The van der Waals surface area contributed by atoms with Crippen molar-refractivity contribution in [1.82, 2.24) is 0 Å². The fourth-order valence-corrected chi connectivity index (χ4v) is 3.24. The van der Waals surface area contributed by atoms with Gasteiger partial charge in [-0.1, -0.05) is 29.8 Å². The van der Waals surface area contributed by atoms with Crippen LogP contribution in [0.15, 0.2) is 30.3 Å². The van der Waals surface area contributed by atoms with E-state index in [0.717, 1.165) is 22.4 Å². The Morgan fingerprint density at radius 2 is 2.08 bits per heavy atom. The zero-order valence-corrected chi connectivity index (χ0v) is 16.1. The first-order valence-corrected chi connectivity index (χ1v) is 8.92. The van der Waals surface area contributed by atoms with Crippen LogP contribution in [0.3, 0.4) is 0 Å². The van der Waals surface area contributed by atoms with Crippen molar-refractivity contribution in [3.63, 3.8) is 0 Å². The number of carbonyl (C=O) groups is 1. The van der Waals surface area contributed by atoms with Gasteiger partial charge in [-0.25, -0.2) is 0 Å². The highest BCUT2D eigenvalue weighted by Crippen LogP contribution is 2.36. The van der Waals surface area contributed by atoms with Crippen LogP contribution in [0.25, 0.3) is 0 Å². The number of halogens is 1. The summed E-state index contributed by atoms with van der Waals surface area (Å²) in [6, 6.07) is 9.30. The molecule has 140 valence electrons. The molecule has 4 N–H and O–H groups in total. The molecule has 0 aliphatic heterocycles. The Balaban J connectivity index is 2.55. The van der Waals surface area contributed by atoms with Crippen molar-refractivity contribution in [3.05, 3.63) is 57.6 Å². The van der Waals surface area contributed by atoms with E-state index in [1.807, 2.05) is 38.2 Å². The molecule has 0 saturated carbocycles. The fraction of sp³-hybridized carbons (Fsp3) is 0.350. The van der Waals surface area contributed by atoms with Crippen molar-refractivity contribution in [2.75, 3.05) is 24.7 Å². The second-order valence-electron chi connectivity index (χ2n) is 6.06. The predicted molar refractivity (Wildman–Crippen MR) is 106 cm³/mol. The summed E-state index contributed by atoms with van der Waals surface area (Å²) in [5, 5.41) is 13.1. The Hall–Kier alpha value is -2.24. The number of esters is 1. The van der Waals surface area contributed by atoms with Crippen molar-refractivity contribution < 1.29 is 14.6 Å². The Morgan fingerprint density at radius 3 is 2.69 bits per heavy atom. The van der Waals surface area contributed by atoms with Gasteiger partial charge in [-0.3, -0.25) is 4.79 Å². The van der Waals surface area contributed by atoms with E-state index in [4.69, 9.17) is 22.1 Å². The van der Waals surface area contributed by atoms with Crippen LogP contribution in [0.4, 0.5) is 11.4 Å². The molecular weight excluding hydrogens is 352 g/mol. The first-order valence-electron chi connectivity index (χ1n) is 8.54. The largest absolute Gasteiger partial charge is 0.466 e. The second-order valence-corrected chi connectivity index (χ2v) is 6.47. The summed E-state index contributed by atoms with van der Waals surface area (Å²) < 4.78 is 5.15. The van der Waals surface area contributed by atoms with Gasteiger partial charge in [0.25, 0.3) is 0 Å². The van der Waals surface area contributed by atoms with Gasteiger partial charge >= 0.3 is 5.97 Å². The summed E-state index contributed by atoms with van der Waals surface area (Å²) in [6.07, 6.45) is 0.180. The maximum atomic E-state index is 12.2. The number of anilines is 2. The van der Waals surface area contributed by atoms with E-state index in [1.165, 1.54) is 0 Å². The molecule has 0 aliphatic carbocycles. The number of carbonyl (C=O) groups excluding carboxylic acids is 1. The number of nitrogens with two attached hydrogens (primary N) is 1. The molecule has 0 bridgehead atoms. The Kier molecular flexibility index (Phi) is 6.89. The smallest absolute Gasteiger partial charge is 0.306 e. The molecule has 0 amide bonds. The summed E-state index contributed by atoms with van der Waals surface area (Å²) >= 11 is 6.12. The molecule has 1 atom stereocenters. The van der Waals surface area contributed by atoms with Gasteiger partial charge in [0.15, 0.2) is 0 Å². The van der Waals surface area contributed by atoms with Crippen LogP contribution in [0.5, 0.6) is 0 Å². The molecule has 0 aromatic heterocycles. The molecule has 0 saturated heterocycles. The monoisotopic (exact) mass is 376 g/mol. The van der Waals surface area contributed by atoms with Crippen molar-refractivity contribution in [2.45, 2.75) is 32.8 Å². The summed E-state index contributed by atoms with van der Waals surface area (Å²) in [5.74, 6) is -0.529. The molecule has 2 aromatic rings. The molecule has 0 fully saturated rings. The SMILES string of the molecule is CCOC(=O)CC(c1ccc(Cl)c(CO)c1)c1ccc(NC)c(N)c1C. The number of hydrogen-bond acceptors (Lipinski definition) is 5. The van der Waals surface area contributed by atoms with Crippen LogP contribution in [-0.2, 0) is 16.1 Å². The van der Waals surface area contributed by atoms with E-state index in [-0.39, 0.29) is 24.9 Å². The van der Waals surface area contributed by atoms with Crippen molar-refractivity contribution in [2.24, 2.45) is 0 Å². The standard InChI is InChI=1S/C20H25ClN2O3/c1-4-26-19(25)10-16(13-5-7-17(21)14(9-13)11-24)15-6-8-18(23-3)20(22)12(15)2/h5-9,16,23-24H,4,10-11,22H2,1-3H3. The van der Waals surface area contributed by atoms with Crippen LogP contribution in [0, 0.1) is 6.92 Å². The maximum Gasteiger partial charge on any atom is 0.306 e. The normalized spacial score (nSPS) is 11.9. The molecule has 2 rings (SSSR count). The van der Waals surface area contributed by atoms with Crippen LogP contribution < -0.4 is 11.1 Å². The number of aliphatic hydroxyl groups excluding tert-OH is 1. The van der Waals surface area contributed by atoms with Gasteiger partial charge in [-0.15, -0.1) is 0 Å². The van der Waals surface area contributed by atoms with Gasteiger partial charge < -0.3 is 20.9 Å². The van der Waals surface area contributed by atoms with E-state index in [9.17, 15) is 9.90 Å². The number of aliphatic hydroxyl groups is 1. The van der Waals surface area contributed by atoms with E-state index in [0.29, 0.717) is 22.9 Å². The lowest BCUT2D eigenvalue weighted by Crippen LogP contribution is -2.14. The molecule has 1 unspecified atom stereocenters. The van der Waals surface area contributed by atoms with Crippen molar-refractivity contribution in [1.29, 1.82) is 0 Å². The van der Waals surface area contributed by atoms with E-state index in [2.05, 4.69) is 5.32 Å². The number of nitrogen functional groups attached to an aromatic ring is 1. The molecule has 6 heteroatoms. The highest BCUT2D eigenvalue weighted by molar-refractivity contribution is 6.31. The van der Waals surface area contributed by atoms with Crippen LogP contribution in [0.1, 0.15) is 41.5 Å². The average molecular weight is 377 g/mol. The van der Waals surface area contributed by atoms with Gasteiger partial charge in [0.2, 0.25) is 0 Å². The third-order valence-corrected chi connectivity index (χ3v) is 4.89. The third-order valence-electron chi connectivity index (χ3n) is 4.52. The second kappa shape index (κ2) is 8.92. The lowest BCUT2D eigenvalue weighted by atomic mass is 9.84. The van der Waals surface area contributed by atoms with Gasteiger partial charge in [0.1, 0.15) is 0 Å². The quantitative estimate of drug-likeness (QED) is 0.505. The van der Waals surface area contributed by atoms with E-state index >= 15 is 0 Å². The lowest BCUT2D eigenvalue weighted by molar-refractivity contribution is -0.143. The minimum absolute atomic E-state index is 0.168. The van der Waals surface area contributed by atoms with Crippen LogP contribution in [0.2, 0.25) is 5.02 Å². The zero-order valence-electron chi connectivity index (χ0n) is 15.3. The maximum absolute atomic E-state index is 12.2. The van der Waals surface area contributed by atoms with Gasteiger partial charge in [0, 0.05) is 18.0 Å². The number of benzene rings is 2. The summed E-state index contributed by atoms with van der Waals surface area (Å²) in [6.45, 7) is 3.88. The molecule has 5 nitrogen and oxygen atoms in total. The number of nitrogens with one attached hydrogen (secondary N) is 1. The lowest BCUT2D eigenvalue weighted by Gasteiger charge is -2.22. The van der Waals surface area contributed by atoms with Gasteiger partial charge in [-0.05, 0) is 48.2 Å². The zero-order chi connectivity index (χ0) is 19.3. The molecule has 26 heavy (non-hydrogen) atoms. The summed E-state index contributed by atoms with van der Waals surface area (Å²) in [4.78, 5) is 12.2. The van der Waals surface area contributed by atoms with Crippen LogP contribution >= 0.6 is 11.6 Å². The predicted octanol–water partition coefficient (Wildman–Crippen LogP) is 3.85. The van der Waals surface area contributed by atoms with E-state index in [1.54, 1.807) is 13.0 Å². The number of hydrogen-bond donors (Lipinski definition) is 3. The fourth-order valence-electron chi connectivity index (χ4n) is 3.07. The van der Waals surface area contributed by atoms with E-state index < -0.39 is 0 Å². The molecule has 0 aliphatic rings. The topological polar surface area (TPSA) is 84.6 Å².